The predicted molar refractivity (Wildman–Crippen MR) is 106 cm³/mol. The van der Waals surface area contributed by atoms with Crippen LogP contribution in [-0.4, -0.2) is 31.4 Å². The average Bonchev–Trinajstić information content (AvgIpc) is 3.24. The molecule has 5 nitrogen and oxygen atoms in total. The normalized spacial score (nSPS) is 14.5. The molecule has 0 aliphatic carbocycles. The summed E-state index contributed by atoms with van der Waals surface area (Å²) >= 11 is 0. The Morgan fingerprint density at radius 3 is 2.07 bits per heavy atom. The molecule has 0 atom stereocenters. The Kier molecular flexibility index (Phi) is 7.10. The summed E-state index contributed by atoms with van der Waals surface area (Å²) in [5.41, 5.74) is 1.46. The molecule has 2 aromatic carbocycles. The van der Waals surface area contributed by atoms with E-state index in [1.807, 2.05) is 12.1 Å². The summed E-state index contributed by atoms with van der Waals surface area (Å²) in [4.78, 5) is 25.5. The number of likely N-dealkylation sites (tertiary alicyclic amines) is 1. The fourth-order valence-corrected chi connectivity index (χ4v) is 3.45. The summed E-state index contributed by atoms with van der Waals surface area (Å²) in [6.07, 6.45) is -1.88. The van der Waals surface area contributed by atoms with E-state index in [2.05, 4.69) is 22.8 Å². The molecule has 3 rings (SSSR count). The van der Waals surface area contributed by atoms with Gasteiger partial charge in [-0.2, -0.15) is 13.2 Å². The van der Waals surface area contributed by atoms with E-state index in [9.17, 15) is 22.8 Å². The monoisotopic (exact) mass is 420 g/mol. The van der Waals surface area contributed by atoms with Crippen LogP contribution >= 0.6 is 0 Å². The molecule has 8 heteroatoms. The Morgan fingerprint density at radius 1 is 0.867 bits per heavy atom. The van der Waals surface area contributed by atoms with Gasteiger partial charge in [-0.1, -0.05) is 24.3 Å². The van der Waals surface area contributed by atoms with Gasteiger partial charge in [-0.25, -0.2) is 0 Å². The highest BCUT2D eigenvalue weighted by Gasteiger charge is 2.30. The molecule has 1 fully saturated rings. The van der Waals surface area contributed by atoms with Crippen molar-refractivity contribution in [2.24, 2.45) is 0 Å². The summed E-state index contributed by atoms with van der Waals surface area (Å²) in [7, 11) is 0. The molecule has 2 amide bonds. The number of halogens is 3. The lowest BCUT2D eigenvalue weighted by Gasteiger charge is -2.12. The van der Waals surface area contributed by atoms with Gasteiger partial charge < -0.3 is 15.5 Å². The van der Waals surface area contributed by atoms with Crippen molar-refractivity contribution in [1.29, 1.82) is 0 Å². The maximum absolute atomic E-state index is 12.6. The summed E-state index contributed by atoms with van der Waals surface area (Å²) in [6.45, 7) is 3.54. The van der Waals surface area contributed by atoms with E-state index in [4.69, 9.17) is 0 Å². The van der Waals surface area contributed by atoms with Crippen molar-refractivity contribution in [3.8, 4) is 0 Å². The molecule has 0 saturated carbocycles. The summed E-state index contributed by atoms with van der Waals surface area (Å²) in [5, 5.41) is 5.13. The second-order valence-corrected chi connectivity index (χ2v) is 7.48. The fraction of sp³-hybridized carbons (Fsp3) is 0.364. The maximum Gasteiger partial charge on any atom is 0.416 e. The molecule has 0 bridgehead atoms. The Hall–Kier alpha value is -2.87. The number of alkyl halides is 3. The van der Waals surface area contributed by atoms with Crippen LogP contribution in [0.15, 0.2) is 48.5 Å². The van der Waals surface area contributed by atoms with Crippen LogP contribution in [0.1, 0.15) is 39.9 Å². The number of hydrogen-bond acceptors (Lipinski definition) is 2. The van der Waals surface area contributed by atoms with Crippen molar-refractivity contribution in [2.75, 3.05) is 19.6 Å². The first-order chi connectivity index (χ1) is 14.3. The average molecular weight is 420 g/mol. The third kappa shape index (κ3) is 6.32. The number of nitrogens with one attached hydrogen (secondary N) is 3. The van der Waals surface area contributed by atoms with Crippen LogP contribution < -0.4 is 15.5 Å². The topological polar surface area (TPSA) is 62.6 Å². The molecular formula is C22H25F3N3O2+. The second kappa shape index (κ2) is 9.75. The van der Waals surface area contributed by atoms with Crippen LogP contribution in [0.25, 0.3) is 0 Å². The van der Waals surface area contributed by atoms with E-state index in [1.165, 1.54) is 31.5 Å². The molecule has 1 heterocycles. The van der Waals surface area contributed by atoms with Crippen LogP contribution in [0, 0.1) is 0 Å². The van der Waals surface area contributed by atoms with Crippen molar-refractivity contribution in [2.45, 2.75) is 32.1 Å². The van der Waals surface area contributed by atoms with Gasteiger partial charge in [0.1, 0.15) is 6.54 Å². The summed E-state index contributed by atoms with van der Waals surface area (Å²) < 4.78 is 37.7. The second-order valence-electron chi connectivity index (χ2n) is 7.48. The van der Waals surface area contributed by atoms with E-state index in [1.54, 1.807) is 4.90 Å². The molecule has 1 aliphatic heterocycles. The Labute approximate surface area is 173 Å². The lowest BCUT2D eigenvalue weighted by Crippen LogP contribution is -3.08. The van der Waals surface area contributed by atoms with Gasteiger partial charge in [-0.3, -0.25) is 9.59 Å². The highest BCUT2D eigenvalue weighted by molar-refractivity contribution is 5.96. The highest BCUT2D eigenvalue weighted by Crippen LogP contribution is 2.29. The molecule has 0 unspecified atom stereocenters. The van der Waals surface area contributed by atoms with Gasteiger partial charge in [0.2, 0.25) is 5.91 Å². The number of hydrogen-bond donors (Lipinski definition) is 3. The third-order valence-electron chi connectivity index (χ3n) is 5.16. The molecule has 160 valence electrons. The number of rotatable bonds is 7. The quantitative estimate of drug-likeness (QED) is 0.641. The zero-order chi connectivity index (χ0) is 21.6. The number of benzene rings is 2. The first-order valence-corrected chi connectivity index (χ1v) is 9.95. The van der Waals surface area contributed by atoms with Gasteiger partial charge in [-0.05, 0) is 29.8 Å². The zero-order valence-corrected chi connectivity index (χ0v) is 16.5. The SMILES string of the molecule is O=C(CNC(=O)c1ccc(C(F)(F)F)cc1)NCc1ccc(C[NH+]2CCCC2)cc1. The Morgan fingerprint density at radius 2 is 1.47 bits per heavy atom. The molecule has 30 heavy (non-hydrogen) atoms. The van der Waals surface area contributed by atoms with Crippen LogP contribution in [0.3, 0.4) is 0 Å². The minimum Gasteiger partial charge on any atom is -0.350 e. The largest absolute Gasteiger partial charge is 0.416 e. The van der Waals surface area contributed by atoms with Crippen LogP contribution in [0.4, 0.5) is 13.2 Å². The summed E-state index contributed by atoms with van der Waals surface area (Å²) in [6, 6.07) is 11.9. The van der Waals surface area contributed by atoms with E-state index < -0.39 is 17.6 Å². The van der Waals surface area contributed by atoms with Gasteiger partial charge in [0.05, 0.1) is 25.2 Å². The van der Waals surface area contributed by atoms with E-state index in [-0.39, 0.29) is 18.0 Å². The van der Waals surface area contributed by atoms with E-state index in [0.29, 0.717) is 6.54 Å². The van der Waals surface area contributed by atoms with Crippen LogP contribution in [0.5, 0.6) is 0 Å². The highest BCUT2D eigenvalue weighted by atomic mass is 19.4. The molecular weight excluding hydrogens is 395 g/mol. The van der Waals surface area contributed by atoms with Crippen molar-refractivity contribution in [3.05, 3.63) is 70.8 Å². The molecule has 1 saturated heterocycles. The third-order valence-corrected chi connectivity index (χ3v) is 5.16. The maximum atomic E-state index is 12.6. The molecule has 2 aromatic rings. The fourth-order valence-electron chi connectivity index (χ4n) is 3.45. The van der Waals surface area contributed by atoms with E-state index in [0.717, 1.165) is 36.4 Å². The van der Waals surface area contributed by atoms with Crippen LogP contribution in [0.2, 0.25) is 0 Å². The first-order valence-electron chi connectivity index (χ1n) is 9.95. The molecule has 0 spiro atoms. The zero-order valence-electron chi connectivity index (χ0n) is 16.5. The number of amides is 2. The van der Waals surface area contributed by atoms with Gasteiger partial charge in [0.25, 0.3) is 5.91 Å². The van der Waals surface area contributed by atoms with Gasteiger partial charge in [-0.15, -0.1) is 0 Å². The lowest BCUT2D eigenvalue weighted by molar-refractivity contribution is -0.901. The van der Waals surface area contributed by atoms with Crippen LogP contribution in [-0.2, 0) is 24.1 Å². The molecule has 1 aliphatic rings. The van der Waals surface area contributed by atoms with Crippen molar-refractivity contribution in [3.63, 3.8) is 0 Å². The van der Waals surface area contributed by atoms with Crippen molar-refractivity contribution >= 4 is 11.8 Å². The summed E-state index contributed by atoms with van der Waals surface area (Å²) in [5.74, 6) is -0.978. The Balaban J connectivity index is 1.40. The number of carbonyl (C=O) groups is 2. The molecule has 0 radical (unpaired) electrons. The minimum absolute atomic E-state index is 0.0616. The van der Waals surface area contributed by atoms with Crippen molar-refractivity contribution < 1.29 is 27.7 Å². The smallest absolute Gasteiger partial charge is 0.350 e. The number of quaternary nitrogens is 1. The van der Waals surface area contributed by atoms with E-state index >= 15 is 0 Å². The molecule has 0 aromatic heterocycles. The standard InChI is InChI=1S/C22H24F3N3O2/c23-22(24,25)19-9-7-18(8-10-19)21(30)27-14-20(29)26-13-16-3-5-17(6-4-16)15-28-11-1-2-12-28/h3-10H,1-2,11-15H2,(H,26,29)(H,27,30)/p+1. The molecule has 3 N–H and O–H groups in total. The predicted octanol–water partition coefficient (Wildman–Crippen LogP) is 1.93. The Bertz CT molecular complexity index is 859. The van der Waals surface area contributed by atoms with Crippen molar-refractivity contribution in [1.82, 2.24) is 10.6 Å². The van der Waals surface area contributed by atoms with Gasteiger partial charge in [0.15, 0.2) is 0 Å². The first kappa shape index (κ1) is 21.8. The van der Waals surface area contributed by atoms with Gasteiger partial charge >= 0.3 is 6.18 Å². The number of carbonyl (C=O) groups excluding carboxylic acids is 2. The minimum atomic E-state index is -4.46. The van der Waals surface area contributed by atoms with Gasteiger partial charge in [0, 0.05) is 30.5 Å². The lowest BCUT2D eigenvalue weighted by atomic mass is 10.1.